The summed E-state index contributed by atoms with van der Waals surface area (Å²) in [6.07, 6.45) is 0.361. The third-order valence-electron chi connectivity index (χ3n) is 4.48. The minimum atomic E-state index is -1.17. The van der Waals surface area contributed by atoms with E-state index in [9.17, 15) is 14.4 Å². The second kappa shape index (κ2) is 7.58. The average Bonchev–Trinajstić information content (AvgIpc) is 2.90. The van der Waals surface area contributed by atoms with Gasteiger partial charge in [-0.25, -0.2) is 4.79 Å². The molecule has 3 rings (SSSR count). The molecule has 1 atom stereocenters. The standard InChI is InChI=1S/C19H17Cl2N3O3/c1-2-19(12-6-4-3-5-7-12)17(26)24(18(27)23-19)11-16(25)22-15-10-13(20)8-9-14(15)21/h3-10H,2,11H2,1H3,(H,22,25)(H,23,27)/t19-/m1/s1. The molecular weight excluding hydrogens is 389 g/mol. The van der Waals surface area contributed by atoms with Crippen LogP contribution in [0.3, 0.4) is 0 Å². The summed E-state index contributed by atoms with van der Waals surface area (Å²) >= 11 is 11.9. The van der Waals surface area contributed by atoms with Gasteiger partial charge in [0.25, 0.3) is 5.91 Å². The molecule has 0 unspecified atom stereocenters. The molecule has 0 saturated carbocycles. The average molecular weight is 406 g/mol. The molecule has 0 aromatic heterocycles. The van der Waals surface area contributed by atoms with Crippen LogP contribution in [-0.4, -0.2) is 29.3 Å². The van der Waals surface area contributed by atoms with Gasteiger partial charge >= 0.3 is 6.03 Å². The molecule has 2 aromatic carbocycles. The van der Waals surface area contributed by atoms with E-state index in [0.717, 1.165) is 4.90 Å². The molecule has 1 fully saturated rings. The van der Waals surface area contributed by atoms with Crippen molar-refractivity contribution in [3.05, 3.63) is 64.1 Å². The van der Waals surface area contributed by atoms with Crippen molar-refractivity contribution in [3.63, 3.8) is 0 Å². The molecule has 1 aliphatic rings. The lowest BCUT2D eigenvalue weighted by Crippen LogP contribution is -2.44. The van der Waals surface area contributed by atoms with Gasteiger partial charge in [-0.2, -0.15) is 0 Å². The number of halogens is 2. The number of nitrogens with zero attached hydrogens (tertiary/aromatic N) is 1. The van der Waals surface area contributed by atoms with Gasteiger partial charge in [0.15, 0.2) is 0 Å². The number of imide groups is 1. The maximum absolute atomic E-state index is 13.0. The number of hydrogen-bond acceptors (Lipinski definition) is 3. The predicted octanol–water partition coefficient (Wildman–Crippen LogP) is 3.79. The molecule has 2 N–H and O–H groups in total. The first-order valence-corrected chi connectivity index (χ1v) is 9.07. The summed E-state index contributed by atoms with van der Waals surface area (Å²) < 4.78 is 0. The Bertz CT molecular complexity index is 904. The second-order valence-electron chi connectivity index (χ2n) is 6.12. The number of carbonyl (C=O) groups is 3. The van der Waals surface area contributed by atoms with Crippen LogP contribution in [0.5, 0.6) is 0 Å². The normalized spacial score (nSPS) is 19.1. The smallest absolute Gasteiger partial charge is 0.323 e. The molecule has 1 heterocycles. The van der Waals surface area contributed by atoms with E-state index >= 15 is 0 Å². The Balaban J connectivity index is 1.79. The predicted molar refractivity (Wildman–Crippen MR) is 104 cm³/mol. The number of anilines is 1. The summed E-state index contributed by atoms with van der Waals surface area (Å²) in [5.74, 6) is -1.02. The Morgan fingerprint density at radius 3 is 2.52 bits per heavy atom. The quantitative estimate of drug-likeness (QED) is 0.742. The minimum Gasteiger partial charge on any atom is -0.323 e. The summed E-state index contributed by atoms with van der Waals surface area (Å²) in [7, 11) is 0. The maximum Gasteiger partial charge on any atom is 0.325 e. The molecule has 8 heteroatoms. The van der Waals surface area contributed by atoms with E-state index in [-0.39, 0.29) is 0 Å². The van der Waals surface area contributed by atoms with Crippen molar-refractivity contribution in [2.75, 3.05) is 11.9 Å². The van der Waals surface area contributed by atoms with Crippen molar-refractivity contribution in [1.29, 1.82) is 0 Å². The first kappa shape index (κ1) is 19.2. The van der Waals surface area contributed by atoms with E-state index in [1.807, 2.05) is 6.07 Å². The van der Waals surface area contributed by atoms with E-state index in [1.165, 1.54) is 6.07 Å². The van der Waals surface area contributed by atoms with Gasteiger partial charge in [0.1, 0.15) is 12.1 Å². The molecule has 2 aromatic rings. The van der Waals surface area contributed by atoms with Gasteiger partial charge in [0, 0.05) is 5.02 Å². The monoisotopic (exact) mass is 405 g/mol. The van der Waals surface area contributed by atoms with Gasteiger partial charge in [0.05, 0.1) is 10.7 Å². The van der Waals surface area contributed by atoms with Crippen LogP contribution in [0.25, 0.3) is 0 Å². The van der Waals surface area contributed by atoms with Crippen LogP contribution in [0.15, 0.2) is 48.5 Å². The Labute approximate surface area is 166 Å². The number of hydrogen-bond donors (Lipinski definition) is 2. The van der Waals surface area contributed by atoms with Crippen LogP contribution in [0.2, 0.25) is 10.0 Å². The van der Waals surface area contributed by atoms with E-state index in [0.29, 0.717) is 27.7 Å². The molecule has 140 valence electrons. The van der Waals surface area contributed by atoms with Gasteiger partial charge in [-0.1, -0.05) is 60.5 Å². The largest absolute Gasteiger partial charge is 0.325 e. The van der Waals surface area contributed by atoms with Crippen molar-refractivity contribution in [2.24, 2.45) is 0 Å². The third-order valence-corrected chi connectivity index (χ3v) is 5.04. The van der Waals surface area contributed by atoms with Crippen molar-refractivity contribution in [2.45, 2.75) is 18.9 Å². The number of urea groups is 1. The molecule has 0 spiro atoms. The maximum atomic E-state index is 13.0. The number of rotatable bonds is 5. The van der Waals surface area contributed by atoms with Crippen LogP contribution < -0.4 is 10.6 Å². The second-order valence-corrected chi connectivity index (χ2v) is 6.96. The zero-order valence-electron chi connectivity index (χ0n) is 14.5. The van der Waals surface area contributed by atoms with E-state index in [4.69, 9.17) is 23.2 Å². The highest BCUT2D eigenvalue weighted by Crippen LogP contribution is 2.32. The lowest BCUT2D eigenvalue weighted by atomic mass is 9.87. The lowest BCUT2D eigenvalue weighted by Gasteiger charge is -2.25. The van der Waals surface area contributed by atoms with Gasteiger partial charge < -0.3 is 10.6 Å². The summed E-state index contributed by atoms with van der Waals surface area (Å²) in [4.78, 5) is 38.7. The molecular formula is C19H17Cl2N3O3. The number of amides is 4. The summed E-state index contributed by atoms with van der Waals surface area (Å²) in [5, 5.41) is 6.01. The van der Waals surface area contributed by atoms with Gasteiger partial charge in [-0.15, -0.1) is 0 Å². The van der Waals surface area contributed by atoms with Gasteiger partial charge in [-0.3, -0.25) is 14.5 Å². The molecule has 0 radical (unpaired) electrons. The number of carbonyl (C=O) groups excluding carboxylic acids is 3. The summed E-state index contributed by atoms with van der Waals surface area (Å²) in [6, 6.07) is 13.0. The van der Waals surface area contributed by atoms with E-state index in [2.05, 4.69) is 10.6 Å². The van der Waals surface area contributed by atoms with Crippen molar-refractivity contribution < 1.29 is 14.4 Å². The topological polar surface area (TPSA) is 78.5 Å². The molecule has 1 saturated heterocycles. The first-order chi connectivity index (χ1) is 12.9. The van der Waals surface area contributed by atoms with Gasteiger partial charge in [0.2, 0.25) is 5.91 Å². The Kier molecular flexibility index (Phi) is 5.39. The zero-order valence-corrected chi connectivity index (χ0v) is 16.0. The van der Waals surface area contributed by atoms with Crippen LogP contribution in [0.4, 0.5) is 10.5 Å². The fourth-order valence-corrected chi connectivity index (χ4v) is 3.40. The Morgan fingerprint density at radius 2 is 1.85 bits per heavy atom. The van der Waals surface area contributed by atoms with Crippen LogP contribution in [-0.2, 0) is 15.1 Å². The van der Waals surface area contributed by atoms with Crippen molar-refractivity contribution in [3.8, 4) is 0 Å². The van der Waals surface area contributed by atoms with Crippen LogP contribution in [0, 0.1) is 0 Å². The molecule has 0 aliphatic carbocycles. The fourth-order valence-electron chi connectivity index (χ4n) is 3.06. The summed E-state index contributed by atoms with van der Waals surface area (Å²) in [6.45, 7) is 1.38. The molecule has 4 amide bonds. The Morgan fingerprint density at radius 1 is 1.15 bits per heavy atom. The molecule has 27 heavy (non-hydrogen) atoms. The molecule has 0 bridgehead atoms. The van der Waals surface area contributed by atoms with Crippen molar-refractivity contribution in [1.82, 2.24) is 10.2 Å². The lowest BCUT2D eigenvalue weighted by molar-refractivity contribution is -0.134. The minimum absolute atomic E-state index is 0.303. The van der Waals surface area contributed by atoms with E-state index in [1.54, 1.807) is 43.3 Å². The molecule has 6 nitrogen and oxygen atoms in total. The van der Waals surface area contributed by atoms with E-state index < -0.39 is 29.9 Å². The molecule has 1 aliphatic heterocycles. The van der Waals surface area contributed by atoms with Crippen LogP contribution >= 0.6 is 23.2 Å². The van der Waals surface area contributed by atoms with Gasteiger partial charge in [-0.05, 0) is 30.2 Å². The third kappa shape index (κ3) is 3.63. The van der Waals surface area contributed by atoms with Crippen LogP contribution in [0.1, 0.15) is 18.9 Å². The first-order valence-electron chi connectivity index (χ1n) is 8.32. The number of benzene rings is 2. The van der Waals surface area contributed by atoms with Crippen molar-refractivity contribution >= 4 is 46.7 Å². The highest BCUT2D eigenvalue weighted by atomic mass is 35.5. The Hall–Kier alpha value is -2.57. The SMILES string of the molecule is CC[C@]1(c2ccccc2)NC(=O)N(CC(=O)Nc2cc(Cl)ccc2Cl)C1=O. The fraction of sp³-hybridized carbons (Fsp3) is 0.211. The number of nitrogens with one attached hydrogen (secondary N) is 2. The zero-order chi connectivity index (χ0) is 19.6. The highest BCUT2D eigenvalue weighted by molar-refractivity contribution is 6.35. The summed E-state index contributed by atoms with van der Waals surface area (Å²) in [5.41, 5.74) is -0.190. The highest BCUT2D eigenvalue weighted by Gasteiger charge is 2.51.